The molecule has 5 nitrogen and oxygen atoms in total. The topological polar surface area (TPSA) is 54.5 Å². The van der Waals surface area contributed by atoms with Gasteiger partial charge in [0.2, 0.25) is 0 Å². The molecule has 1 aliphatic heterocycles. The first-order valence-electron chi connectivity index (χ1n) is 7.49. The molecule has 0 saturated carbocycles. The predicted octanol–water partition coefficient (Wildman–Crippen LogP) is 2.88. The van der Waals surface area contributed by atoms with Gasteiger partial charge in [-0.25, -0.2) is 4.79 Å². The number of carbonyl (C=O) groups excluding carboxylic acids is 1. The van der Waals surface area contributed by atoms with E-state index in [1.807, 2.05) is 32.5 Å². The van der Waals surface area contributed by atoms with E-state index >= 15 is 0 Å². The van der Waals surface area contributed by atoms with Crippen molar-refractivity contribution < 1.29 is 9.53 Å². The number of likely N-dealkylation sites (tertiary alicyclic amines) is 1. The molecule has 0 radical (unpaired) electrons. The van der Waals surface area contributed by atoms with E-state index in [1.165, 1.54) is 11.3 Å². The van der Waals surface area contributed by atoms with E-state index in [2.05, 4.69) is 15.2 Å². The lowest BCUT2D eigenvalue weighted by Gasteiger charge is -2.32. The average Bonchev–Trinajstić information content (AvgIpc) is 2.88. The predicted molar refractivity (Wildman–Crippen MR) is 84.4 cm³/mol. The number of hydrogen-bond donors (Lipinski definition) is 1. The van der Waals surface area contributed by atoms with Gasteiger partial charge in [-0.1, -0.05) is 0 Å². The molecule has 1 aromatic heterocycles. The summed E-state index contributed by atoms with van der Waals surface area (Å²) in [5.41, 5.74) is 1.44. The van der Waals surface area contributed by atoms with Crippen LogP contribution in [-0.2, 0) is 11.3 Å². The van der Waals surface area contributed by atoms with E-state index in [1.54, 1.807) is 11.3 Å². The summed E-state index contributed by atoms with van der Waals surface area (Å²) in [7, 11) is 0. The zero-order chi connectivity index (χ0) is 15.3. The summed E-state index contributed by atoms with van der Waals surface area (Å²) in [6.07, 6.45) is 3.96. The van der Waals surface area contributed by atoms with Gasteiger partial charge in [-0.15, -0.1) is 11.3 Å². The molecule has 6 heteroatoms. The molecular weight excluding hydrogens is 286 g/mol. The Labute approximate surface area is 130 Å². The summed E-state index contributed by atoms with van der Waals surface area (Å²) in [5, 5.41) is 2.89. The normalized spacial score (nSPS) is 20.2. The van der Waals surface area contributed by atoms with Crippen LogP contribution in [0.2, 0.25) is 0 Å². The zero-order valence-electron chi connectivity index (χ0n) is 13.1. The number of nitrogens with one attached hydrogen (secondary N) is 1. The monoisotopic (exact) mass is 311 g/mol. The molecule has 1 aliphatic rings. The van der Waals surface area contributed by atoms with Gasteiger partial charge in [0.15, 0.2) is 0 Å². The Bertz CT molecular complexity index is 442. The van der Waals surface area contributed by atoms with E-state index in [-0.39, 0.29) is 6.09 Å². The first kappa shape index (κ1) is 16.2. The number of amides is 1. The largest absolute Gasteiger partial charge is 0.444 e. The molecule has 2 rings (SSSR count). The summed E-state index contributed by atoms with van der Waals surface area (Å²) in [6.45, 7) is 9.44. The maximum absolute atomic E-state index is 11.7. The van der Waals surface area contributed by atoms with Crippen molar-refractivity contribution >= 4 is 17.4 Å². The zero-order valence-corrected chi connectivity index (χ0v) is 13.9. The molecule has 21 heavy (non-hydrogen) atoms. The number of ether oxygens (including phenoxy) is 1. The minimum atomic E-state index is -0.436. The lowest BCUT2D eigenvalue weighted by atomic mass is 9.98. The molecule has 1 fully saturated rings. The van der Waals surface area contributed by atoms with Crippen molar-refractivity contribution in [3.05, 3.63) is 16.6 Å². The SMILES string of the molecule is CC(C)(C)OC(=O)NCC1CCCN(Cc2cncs2)C1. The molecule has 0 aliphatic carbocycles. The van der Waals surface area contributed by atoms with Crippen molar-refractivity contribution in [1.29, 1.82) is 0 Å². The number of alkyl carbamates (subject to hydrolysis) is 1. The highest BCUT2D eigenvalue weighted by molar-refractivity contribution is 7.09. The third-order valence-corrected chi connectivity index (χ3v) is 4.16. The van der Waals surface area contributed by atoms with Crippen LogP contribution in [-0.4, -0.2) is 41.2 Å². The number of hydrogen-bond acceptors (Lipinski definition) is 5. The van der Waals surface area contributed by atoms with Gasteiger partial charge >= 0.3 is 6.09 Å². The third-order valence-electron chi connectivity index (χ3n) is 3.40. The standard InChI is InChI=1S/C15H25N3O2S/c1-15(2,3)20-14(19)17-7-12-5-4-6-18(9-12)10-13-8-16-11-21-13/h8,11-12H,4-7,9-10H2,1-3H3,(H,17,19). The Morgan fingerprint density at radius 1 is 1.57 bits per heavy atom. The van der Waals surface area contributed by atoms with E-state index in [4.69, 9.17) is 4.74 Å². The van der Waals surface area contributed by atoms with Crippen LogP contribution < -0.4 is 5.32 Å². The number of thiazole rings is 1. The van der Waals surface area contributed by atoms with Gasteiger partial charge in [0.1, 0.15) is 5.60 Å². The van der Waals surface area contributed by atoms with Gasteiger partial charge in [0, 0.05) is 30.7 Å². The lowest BCUT2D eigenvalue weighted by Crippen LogP contribution is -2.41. The van der Waals surface area contributed by atoms with Crippen molar-refractivity contribution in [3.8, 4) is 0 Å². The van der Waals surface area contributed by atoms with Crippen LogP contribution in [0.15, 0.2) is 11.7 Å². The van der Waals surface area contributed by atoms with Gasteiger partial charge in [0.05, 0.1) is 5.51 Å². The minimum absolute atomic E-state index is 0.318. The van der Waals surface area contributed by atoms with Gasteiger partial charge in [-0.3, -0.25) is 9.88 Å². The van der Waals surface area contributed by atoms with E-state index < -0.39 is 5.60 Å². The summed E-state index contributed by atoms with van der Waals surface area (Å²) in [5.74, 6) is 0.499. The van der Waals surface area contributed by atoms with Crippen LogP contribution in [0.1, 0.15) is 38.5 Å². The van der Waals surface area contributed by atoms with Crippen molar-refractivity contribution in [1.82, 2.24) is 15.2 Å². The second-order valence-corrected chi connectivity index (χ2v) is 7.56. The van der Waals surface area contributed by atoms with Crippen molar-refractivity contribution in [2.75, 3.05) is 19.6 Å². The molecular formula is C15H25N3O2S. The second kappa shape index (κ2) is 7.22. The second-order valence-electron chi connectivity index (χ2n) is 6.59. The highest BCUT2D eigenvalue weighted by Gasteiger charge is 2.22. The van der Waals surface area contributed by atoms with Gasteiger partial charge < -0.3 is 10.1 Å². The smallest absolute Gasteiger partial charge is 0.407 e. The van der Waals surface area contributed by atoms with Gasteiger partial charge in [0.25, 0.3) is 0 Å². The summed E-state index contributed by atoms with van der Waals surface area (Å²) in [6, 6.07) is 0. The van der Waals surface area contributed by atoms with E-state index in [0.717, 1.165) is 26.1 Å². The van der Waals surface area contributed by atoms with Crippen molar-refractivity contribution in [2.45, 2.75) is 45.8 Å². The molecule has 2 heterocycles. The fraction of sp³-hybridized carbons (Fsp3) is 0.733. The third kappa shape index (κ3) is 6.01. The van der Waals surface area contributed by atoms with Crippen molar-refractivity contribution in [2.24, 2.45) is 5.92 Å². The number of rotatable bonds is 4. The fourth-order valence-electron chi connectivity index (χ4n) is 2.54. The molecule has 0 aromatic carbocycles. The van der Waals surface area contributed by atoms with E-state index in [0.29, 0.717) is 12.5 Å². The minimum Gasteiger partial charge on any atom is -0.444 e. The summed E-state index contributed by atoms with van der Waals surface area (Å²) < 4.78 is 5.27. The average molecular weight is 311 g/mol. The van der Waals surface area contributed by atoms with Crippen LogP contribution in [0.4, 0.5) is 4.79 Å². The molecule has 0 spiro atoms. The quantitative estimate of drug-likeness (QED) is 0.929. The Morgan fingerprint density at radius 2 is 2.38 bits per heavy atom. The molecule has 118 valence electrons. The van der Waals surface area contributed by atoms with Crippen molar-refractivity contribution in [3.63, 3.8) is 0 Å². The van der Waals surface area contributed by atoms with Crippen LogP contribution in [0.3, 0.4) is 0 Å². The van der Waals surface area contributed by atoms with Crippen LogP contribution in [0.25, 0.3) is 0 Å². The van der Waals surface area contributed by atoms with Gasteiger partial charge in [-0.2, -0.15) is 0 Å². The van der Waals surface area contributed by atoms with E-state index in [9.17, 15) is 4.79 Å². The highest BCUT2D eigenvalue weighted by atomic mass is 32.1. The first-order chi connectivity index (χ1) is 9.92. The van der Waals surface area contributed by atoms with Crippen LogP contribution >= 0.6 is 11.3 Å². The Morgan fingerprint density at radius 3 is 3.05 bits per heavy atom. The Balaban J connectivity index is 1.72. The maximum Gasteiger partial charge on any atom is 0.407 e. The number of carbonyl (C=O) groups is 1. The molecule has 0 bridgehead atoms. The summed E-state index contributed by atoms with van der Waals surface area (Å²) in [4.78, 5) is 19.5. The number of nitrogens with zero attached hydrogens (tertiary/aromatic N) is 2. The molecule has 1 N–H and O–H groups in total. The number of piperidine rings is 1. The fourth-order valence-corrected chi connectivity index (χ4v) is 3.18. The van der Waals surface area contributed by atoms with Crippen LogP contribution in [0.5, 0.6) is 0 Å². The number of aromatic nitrogens is 1. The van der Waals surface area contributed by atoms with Crippen LogP contribution in [0, 0.1) is 5.92 Å². The lowest BCUT2D eigenvalue weighted by molar-refractivity contribution is 0.0506. The maximum atomic E-state index is 11.7. The molecule has 1 unspecified atom stereocenters. The Hall–Kier alpha value is -1.14. The molecule has 1 amide bonds. The molecule has 1 saturated heterocycles. The molecule has 1 atom stereocenters. The first-order valence-corrected chi connectivity index (χ1v) is 8.37. The summed E-state index contributed by atoms with van der Waals surface area (Å²) >= 11 is 1.70. The Kier molecular flexibility index (Phi) is 5.58. The van der Waals surface area contributed by atoms with Gasteiger partial charge in [-0.05, 0) is 46.1 Å². The molecule has 1 aromatic rings. The highest BCUT2D eigenvalue weighted by Crippen LogP contribution is 2.19.